The fourth-order valence-electron chi connectivity index (χ4n) is 4.88. The second-order valence-corrected chi connectivity index (χ2v) is 10.5. The Balaban J connectivity index is 1.21. The fourth-order valence-corrected chi connectivity index (χ4v) is 4.88. The third-order valence-corrected chi connectivity index (χ3v) is 6.68. The van der Waals surface area contributed by atoms with Gasteiger partial charge in [-0.1, -0.05) is 24.0 Å². The van der Waals surface area contributed by atoms with E-state index in [2.05, 4.69) is 22.1 Å². The third kappa shape index (κ3) is 5.75. The van der Waals surface area contributed by atoms with Crippen LogP contribution in [0.1, 0.15) is 63.5 Å². The number of amides is 3. The van der Waals surface area contributed by atoms with Crippen LogP contribution in [0.15, 0.2) is 24.3 Å². The van der Waals surface area contributed by atoms with Crippen LogP contribution in [-0.2, 0) is 14.3 Å². The molecule has 176 valence electrons. The summed E-state index contributed by atoms with van der Waals surface area (Å²) in [6, 6.07) is 7.74. The number of piperidine rings is 2. The molecule has 1 aromatic rings. The Kier molecular flexibility index (Phi) is 6.49. The molecule has 4 rings (SSSR count). The summed E-state index contributed by atoms with van der Waals surface area (Å²) in [5.41, 5.74) is 1.70. The van der Waals surface area contributed by atoms with Gasteiger partial charge in [0, 0.05) is 38.2 Å². The smallest absolute Gasteiger partial charge is 0.410 e. The Bertz CT molecular complexity index is 968. The molecule has 0 bridgehead atoms. The highest BCUT2D eigenvalue weighted by Crippen LogP contribution is 2.40. The molecule has 3 heterocycles. The molecule has 0 saturated carbocycles. The van der Waals surface area contributed by atoms with Gasteiger partial charge in [0.2, 0.25) is 11.8 Å². The van der Waals surface area contributed by atoms with E-state index in [1.54, 1.807) is 0 Å². The molecule has 1 N–H and O–H groups in total. The highest BCUT2D eigenvalue weighted by molar-refractivity contribution is 6.00. The number of carbonyl (C=O) groups excluding carboxylic acids is 3. The highest BCUT2D eigenvalue weighted by atomic mass is 16.6. The molecule has 3 fully saturated rings. The molecule has 3 aliphatic heterocycles. The lowest BCUT2D eigenvalue weighted by Crippen LogP contribution is -2.60. The second-order valence-electron chi connectivity index (χ2n) is 10.5. The molecule has 3 saturated heterocycles. The zero-order valence-electron chi connectivity index (χ0n) is 19.8. The van der Waals surface area contributed by atoms with E-state index >= 15 is 0 Å². The summed E-state index contributed by atoms with van der Waals surface area (Å²) in [5, 5.41) is 2.41. The average molecular weight is 452 g/mol. The quantitative estimate of drug-likeness (QED) is 0.553. The summed E-state index contributed by atoms with van der Waals surface area (Å²) < 4.78 is 5.49. The molecule has 3 aliphatic rings. The van der Waals surface area contributed by atoms with E-state index in [1.807, 2.05) is 49.9 Å². The lowest BCUT2D eigenvalue weighted by molar-refractivity contribution is -0.134. The molecule has 0 radical (unpaired) electrons. The van der Waals surface area contributed by atoms with E-state index in [1.165, 1.54) is 0 Å². The predicted molar refractivity (Wildman–Crippen MR) is 124 cm³/mol. The fraction of sp³-hybridized carbons (Fsp3) is 0.577. The molecule has 7 nitrogen and oxygen atoms in total. The van der Waals surface area contributed by atoms with E-state index in [9.17, 15) is 14.4 Å². The first-order valence-electron chi connectivity index (χ1n) is 11.8. The van der Waals surface area contributed by atoms with Gasteiger partial charge in [0.1, 0.15) is 5.60 Å². The molecule has 33 heavy (non-hydrogen) atoms. The minimum Gasteiger partial charge on any atom is -0.444 e. The Hall–Kier alpha value is -2.85. The molecule has 3 amide bonds. The predicted octanol–water partition coefficient (Wildman–Crippen LogP) is 2.89. The maximum Gasteiger partial charge on any atom is 0.410 e. The van der Waals surface area contributed by atoms with Crippen LogP contribution in [0.4, 0.5) is 4.79 Å². The van der Waals surface area contributed by atoms with E-state index in [-0.39, 0.29) is 23.8 Å². The molecule has 7 heteroatoms. The number of carbonyl (C=O) groups is 3. The molecule has 1 aromatic carbocycles. The van der Waals surface area contributed by atoms with Gasteiger partial charge >= 0.3 is 6.09 Å². The first kappa shape index (κ1) is 23.3. The van der Waals surface area contributed by atoms with Crippen LogP contribution in [0.5, 0.6) is 0 Å². The molecule has 0 aromatic heterocycles. The molecule has 1 unspecified atom stereocenters. The van der Waals surface area contributed by atoms with E-state index < -0.39 is 5.60 Å². The van der Waals surface area contributed by atoms with Crippen molar-refractivity contribution in [1.29, 1.82) is 0 Å². The van der Waals surface area contributed by atoms with Gasteiger partial charge < -0.3 is 9.64 Å². The first-order chi connectivity index (χ1) is 15.6. The zero-order valence-corrected chi connectivity index (χ0v) is 19.8. The highest BCUT2D eigenvalue weighted by Gasteiger charge is 2.45. The minimum atomic E-state index is -0.455. The van der Waals surface area contributed by atoms with Crippen LogP contribution in [0.3, 0.4) is 0 Å². The summed E-state index contributed by atoms with van der Waals surface area (Å²) >= 11 is 0. The number of hydrogen-bond acceptors (Lipinski definition) is 5. The number of imide groups is 1. The summed E-state index contributed by atoms with van der Waals surface area (Å²) in [6.07, 6.45) is 2.76. The number of nitrogens with one attached hydrogen (secondary N) is 1. The maximum atomic E-state index is 12.3. The monoisotopic (exact) mass is 451 g/mol. The number of rotatable bonds is 2. The number of likely N-dealkylation sites (tertiary alicyclic amines) is 2. The molecule has 1 atom stereocenters. The number of hydrogen-bond donors (Lipinski definition) is 1. The van der Waals surface area contributed by atoms with Crippen molar-refractivity contribution in [2.45, 2.75) is 58.0 Å². The summed E-state index contributed by atoms with van der Waals surface area (Å²) in [5.74, 6) is 5.80. The van der Waals surface area contributed by atoms with Gasteiger partial charge in [0.15, 0.2) is 0 Å². The first-order valence-corrected chi connectivity index (χ1v) is 11.8. The lowest BCUT2D eigenvalue weighted by Gasteiger charge is -2.53. The van der Waals surface area contributed by atoms with Gasteiger partial charge in [-0.25, -0.2) is 4.79 Å². The van der Waals surface area contributed by atoms with Gasteiger partial charge in [0.05, 0.1) is 12.5 Å². The number of benzene rings is 1. The zero-order chi connectivity index (χ0) is 23.6. The lowest BCUT2D eigenvalue weighted by atomic mass is 9.72. The number of ether oxygens (including phenoxy) is 1. The van der Waals surface area contributed by atoms with Gasteiger partial charge in [-0.3, -0.25) is 19.8 Å². The van der Waals surface area contributed by atoms with Crippen LogP contribution in [0.2, 0.25) is 0 Å². The van der Waals surface area contributed by atoms with E-state index in [4.69, 9.17) is 4.74 Å². The SMILES string of the molecule is CC(C)(C)OC(=O)N1CCC2(CC1)CN(CC#Cc1ccc(C3CCC(=O)NC3=O)cc1)C2. The van der Waals surface area contributed by atoms with Crippen LogP contribution in [-0.4, -0.2) is 66.0 Å². The van der Waals surface area contributed by atoms with E-state index in [0.717, 1.165) is 56.7 Å². The van der Waals surface area contributed by atoms with Crippen molar-refractivity contribution in [1.82, 2.24) is 15.1 Å². The normalized spacial score (nSPS) is 22.8. The van der Waals surface area contributed by atoms with Crippen molar-refractivity contribution < 1.29 is 19.1 Å². The molecular weight excluding hydrogens is 418 g/mol. The Morgan fingerprint density at radius 3 is 2.42 bits per heavy atom. The summed E-state index contributed by atoms with van der Waals surface area (Å²) in [6.45, 7) is 9.99. The molecular formula is C26H33N3O4. The molecule has 1 spiro atoms. The maximum absolute atomic E-state index is 12.3. The number of nitrogens with zero attached hydrogens (tertiary/aromatic N) is 2. The van der Waals surface area contributed by atoms with Crippen molar-refractivity contribution >= 4 is 17.9 Å². The van der Waals surface area contributed by atoms with Crippen molar-refractivity contribution in [2.75, 3.05) is 32.7 Å². The Morgan fingerprint density at radius 2 is 1.82 bits per heavy atom. The van der Waals surface area contributed by atoms with Gasteiger partial charge in [0.25, 0.3) is 0 Å². The summed E-state index contributed by atoms with van der Waals surface area (Å²) in [4.78, 5) is 39.8. The van der Waals surface area contributed by atoms with Crippen molar-refractivity contribution in [3.05, 3.63) is 35.4 Å². The average Bonchev–Trinajstić information content (AvgIpc) is 2.72. The van der Waals surface area contributed by atoms with Crippen LogP contribution >= 0.6 is 0 Å². The van der Waals surface area contributed by atoms with Gasteiger partial charge in [-0.2, -0.15) is 0 Å². The standard InChI is InChI=1S/C26H33N3O4/c1-25(2,3)33-24(32)29-15-12-26(13-16-29)17-28(18-26)14-4-5-19-6-8-20(9-7-19)21-10-11-22(30)27-23(21)31/h6-9,21H,10-18H2,1-3H3,(H,27,30,31). The molecule has 0 aliphatic carbocycles. The summed E-state index contributed by atoms with van der Waals surface area (Å²) in [7, 11) is 0. The third-order valence-electron chi connectivity index (χ3n) is 6.68. The Labute approximate surface area is 195 Å². The van der Waals surface area contributed by atoms with Crippen molar-refractivity contribution in [3.8, 4) is 11.8 Å². The van der Waals surface area contributed by atoms with Crippen molar-refractivity contribution in [3.63, 3.8) is 0 Å². The van der Waals surface area contributed by atoms with Gasteiger partial charge in [-0.05, 0) is 63.1 Å². The Morgan fingerprint density at radius 1 is 1.15 bits per heavy atom. The second kappa shape index (κ2) is 9.18. The van der Waals surface area contributed by atoms with Crippen LogP contribution in [0.25, 0.3) is 0 Å². The largest absolute Gasteiger partial charge is 0.444 e. The minimum absolute atomic E-state index is 0.194. The topological polar surface area (TPSA) is 79.0 Å². The van der Waals surface area contributed by atoms with Gasteiger partial charge in [-0.15, -0.1) is 0 Å². The van der Waals surface area contributed by atoms with Crippen molar-refractivity contribution in [2.24, 2.45) is 5.41 Å². The van der Waals surface area contributed by atoms with E-state index in [0.29, 0.717) is 18.3 Å². The van der Waals surface area contributed by atoms with Crippen LogP contribution < -0.4 is 5.32 Å². The van der Waals surface area contributed by atoms with Crippen LogP contribution in [0, 0.1) is 17.3 Å².